The molecule has 0 spiro atoms. The van der Waals surface area contributed by atoms with Crippen LogP contribution in [0.3, 0.4) is 0 Å². The number of cyclic esters (lactones) is 1. The maximum atomic E-state index is 11.6. The summed E-state index contributed by atoms with van der Waals surface area (Å²) in [5, 5.41) is 14.8. The number of carbonyl (C=O) groups is 2. The third-order valence-electron chi connectivity index (χ3n) is 5.80. The number of sulfonamides is 1. The summed E-state index contributed by atoms with van der Waals surface area (Å²) < 4.78 is 35.4. The number of rotatable bonds is 7. The summed E-state index contributed by atoms with van der Waals surface area (Å²) in [5.41, 5.74) is 4.17. The molecule has 1 fully saturated rings. The van der Waals surface area contributed by atoms with Crippen LogP contribution in [-0.4, -0.2) is 78.0 Å². The molecule has 2 N–H and O–H groups in total. The summed E-state index contributed by atoms with van der Waals surface area (Å²) in [6.07, 6.45) is 1.07. The first-order chi connectivity index (χ1) is 17.1. The van der Waals surface area contributed by atoms with Gasteiger partial charge in [0.1, 0.15) is 6.61 Å². The zero-order valence-corrected chi connectivity index (χ0v) is 20.9. The molecule has 0 bridgehead atoms. The molecule has 36 heavy (non-hydrogen) atoms. The van der Waals surface area contributed by atoms with E-state index < -0.39 is 16.1 Å². The lowest BCUT2D eigenvalue weighted by Crippen LogP contribution is -2.33. The van der Waals surface area contributed by atoms with Crippen LogP contribution in [0.15, 0.2) is 30.3 Å². The van der Waals surface area contributed by atoms with Gasteiger partial charge in [0.05, 0.1) is 24.1 Å². The zero-order valence-electron chi connectivity index (χ0n) is 20.1. The highest BCUT2D eigenvalue weighted by molar-refractivity contribution is 7.89. The molecule has 3 heterocycles. The number of hydrogen-bond donors (Lipinski definition) is 2. The van der Waals surface area contributed by atoms with Crippen molar-refractivity contribution in [1.82, 2.24) is 24.2 Å². The van der Waals surface area contributed by atoms with Crippen LogP contribution in [0.5, 0.6) is 5.75 Å². The molecule has 13 heteroatoms. The van der Waals surface area contributed by atoms with Gasteiger partial charge in [-0.1, -0.05) is 6.07 Å². The van der Waals surface area contributed by atoms with Gasteiger partial charge in [-0.05, 0) is 37.1 Å². The van der Waals surface area contributed by atoms with E-state index >= 15 is 0 Å². The van der Waals surface area contributed by atoms with Crippen LogP contribution >= 0.6 is 0 Å². The van der Waals surface area contributed by atoms with Gasteiger partial charge in [0.15, 0.2) is 17.2 Å². The minimum atomic E-state index is -3.29. The second-order valence-electron chi connectivity index (χ2n) is 8.55. The molecule has 2 aliphatic rings. The van der Waals surface area contributed by atoms with Gasteiger partial charge in [0, 0.05) is 37.7 Å². The van der Waals surface area contributed by atoms with E-state index in [1.54, 1.807) is 7.11 Å². The summed E-state index contributed by atoms with van der Waals surface area (Å²) in [6.45, 7) is 0.238. The van der Waals surface area contributed by atoms with Crippen molar-refractivity contribution in [3.63, 3.8) is 0 Å². The van der Waals surface area contributed by atoms with Gasteiger partial charge in [-0.3, -0.25) is 0 Å². The van der Waals surface area contributed by atoms with E-state index in [4.69, 9.17) is 19.7 Å². The monoisotopic (exact) mass is 517 g/mol. The molecule has 3 aromatic rings. The summed E-state index contributed by atoms with van der Waals surface area (Å²) in [7, 11) is 1.15. The Hall–Kier alpha value is -3.71. The van der Waals surface area contributed by atoms with Crippen molar-refractivity contribution in [2.75, 3.05) is 33.5 Å². The van der Waals surface area contributed by atoms with Gasteiger partial charge in [-0.15, -0.1) is 0 Å². The Bertz CT molecular complexity index is 1410. The van der Waals surface area contributed by atoms with E-state index in [1.807, 2.05) is 40.2 Å². The molecule has 0 atom stereocenters. The second-order valence-corrected chi connectivity index (χ2v) is 10.8. The van der Waals surface area contributed by atoms with Gasteiger partial charge < -0.3 is 19.9 Å². The van der Waals surface area contributed by atoms with Crippen molar-refractivity contribution in [2.45, 2.75) is 25.4 Å². The Morgan fingerprint density at radius 3 is 2.67 bits per heavy atom. The molecule has 1 aliphatic heterocycles. The molecule has 192 valence electrons. The van der Waals surface area contributed by atoms with Gasteiger partial charge >= 0.3 is 12.1 Å². The van der Waals surface area contributed by atoms with Crippen molar-refractivity contribution >= 4 is 27.7 Å². The van der Waals surface area contributed by atoms with Crippen LogP contribution in [0, 0.1) is 0 Å². The number of methoxy groups -OCH3 is 1. The lowest BCUT2D eigenvalue weighted by atomic mass is 10.0. The lowest BCUT2D eigenvalue weighted by Gasteiger charge is -2.10. The largest absolute Gasteiger partial charge is 0.493 e. The molecule has 1 saturated carbocycles. The maximum Gasteiger partial charge on any atom is 0.404 e. The van der Waals surface area contributed by atoms with Gasteiger partial charge in [-0.25, -0.2) is 31.8 Å². The molecule has 1 aliphatic carbocycles. The van der Waals surface area contributed by atoms with E-state index in [-0.39, 0.29) is 18.3 Å². The number of hydrogen-bond acceptors (Lipinski definition) is 8. The fraction of sp³-hybridized carbons (Fsp3) is 0.391. The van der Waals surface area contributed by atoms with Gasteiger partial charge in [0.25, 0.3) is 0 Å². The van der Waals surface area contributed by atoms with Crippen molar-refractivity contribution in [3.8, 4) is 17.0 Å². The average Bonchev–Trinajstić information content (AvgIpc) is 3.49. The predicted octanol–water partition coefficient (Wildman–Crippen LogP) is 2.10. The topological polar surface area (TPSA) is 152 Å². The van der Waals surface area contributed by atoms with E-state index in [2.05, 4.69) is 4.98 Å². The first-order valence-electron chi connectivity index (χ1n) is 11.2. The highest BCUT2D eigenvalue weighted by atomic mass is 32.2. The molecular weight excluding hydrogens is 490 g/mol. The molecule has 2 aromatic heterocycles. The fourth-order valence-corrected chi connectivity index (χ4v) is 4.33. The number of esters is 1. The van der Waals surface area contributed by atoms with E-state index in [0.29, 0.717) is 23.8 Å². The van der Waals surface area contributed by atoms with Gasteiger partial charge in [-0.2, -0.15) is 5.10 Å². The molecule has 0 unspecified atom stereocenters. The highest BCUT2D eigenvalue weighted by Crippen LogP contribution is 2.39. The quantitative estimate of drug-likeness (QED) is 0.449. The number of carbonyl (C=O) groups excluding carboxylic acids is 1. The van der Waals surface area contributed by atoms with E-state index in [9.17, 15) is 18.0 Å². The average molecular weight is 518 g/mol. The number of ether oxygens (including phenoxy) is 2. The first-order valence-corrected chi connectivity index (χ1v) is 12.8. The Morgan fingerprint density at radius 2 is 2.03 bits per heavy atom. The zero-order chi connectivity index (χ0) is 26.0. The Kier molecular flexibility index (Phi) is 7.13. The predicted molar refractivity (Wildman–Crippen MR) is 130 cm³/mol. The molecule has 1 amide bonds. The van der Waals surface area contributed by atoms with Crippen molar-refractivity contribution in [3.05, 3.63) is 47.3 Å². The number of aromatic nitrogens is 3. The summed E-state index contributed by atoms with van der Waals surface area (Å²) in [6, 6.07) is 9.60. The van der Waals surface area contributed by atoms with Gasteiger partial charge in [0.2, 0.25) is 10.0 Å². The van der Waals surface area contributed by atoms with Crippen molar-refractivity contribution in [1.29, 1.82) is 0 Å². The maximum absolute atomic E-state index is 11.6. The van der Waals surface area contributed by atoms with Crippen LogP contribution in [0.1, 0.15) is 40.5 Å². The minimum Gasteiger partial charge on any atom is -0.493 e. The minimum absolute atomic E-state index is 0.0875. The van der Waals surface area contributed by atoms with E-state index in [0.717, 1.165) is 45.4 Å². The molecule has 12 nitrogen and oxygen atoms in total. The third kappa shape index (κ3) is 5.41. The molecular formula is C23H27N5O7S. The Labute approximate surface area is 207 Å². The molecule has 0 saturated heterocycles. The second kappa shape index (κ2) is 10.1. The standard InChI is InChI=1S/C18H15N3O3.C5H12N2O4S/c1-23-15-7-6-14(21-17(15)19-16(20-21)10-2-3-10)11-4-5-13-12(8-11)9-24-18(13)22;1-7(2)12(10,11)4-3-6-5(8)9/h4-8,10H,2-3,9H2,1H3;6H,3-4H2,1-2H3,(H,8,9). The fourth-order valence-electron chi connectivity index (χ4n) is 3.61. The smallest absolute Gasteiger partial charge is 0.404 e. The number of amides is 1. The summed E-state index contributed by atoms with van der Waals surface area (Å²) >= 11 is 0. The van der Waals surface area contributed by atoms with Crippen LogP contribution in [0.25, 0.3) is 16.9 Å². The third-order valence-corrected chi connectivity index (χ3v) is 7.63. The van der Waals surface area contributed by atoms with Crippen LogP contribution in [0.2, 0.25) is 0 Å². The number of fused-ring (bicyclic) bond motifs is 2. The first kappa shape index (κ1) is 25.4. The van der Waals surface area contributed by atoms with Crippen LogP contribution in [-0.2, 0) is 21.4 Å². The molecule has 1 aromatic carbocycles. The Balaban J connectivity index is 0.000000218. The lowest BCUT2D eigenvalue weighted by molar-refractivity contribution is 0.0535. The van der Waals surface area contributed by atoms with Crippen molar-refractivity contribution < 1.29 is 32.6 Å². The Morgan fingerprint density at radius 1 is 1.28 bits per heavy atom. The summed E-state index contributed by atoms with van der Waals surface area (Å²) in [4.78, 5) is 26.2. The normalized spacial score (nSPS) is 14.7. The number of nitrogens with zero attached hydrogens (tertiary/aromatic N) is 4. The molecule has 0 radical (unpaired) electrons. The SMILES string of the molecule is CN(C)S(=O)(=O)CCNC(=O)O.COc1ccc(-c2ccc3c(c2)COC3=O)n2nc(C3CC3)nc12. The summed E-state index contributed by atoms with van der Waals surface area (Å²) in [5.74, 6) is 1.58. The number of benzene rings is 1. The van der Waals surface area contributed by atoms with Crippen LogP contribution < -0.4 is 10.1 Å². The number of pyridine rings is 1. The molecule has 5 rings (SSSR count). The van der Waals surface area contributed by atoms with Crippen molar-refractivity contribution in [2.24, 2.45) is 0 Å². The highest BCUT2D eigenvalue weighted by Gasteiger charge is 2.29. The number of carboxylic acid groups (broad SMARTS) is 1. The number of nitrogens with one attached hydrogen (secondary N) is 1. The van der Waals surface area contributed by atoms with Crippen LogP contribution in [0.4, 0.5) is 4.79 Å². The van der Waals surface area contributed by atoms with E-state index in [1.165, 1.54) is 14.1 Å².